The highest BCUT2D eigenvalue weighted by Gasteiger charge is 2.29. The van der Waals surface area contributed by atoms with Gasteiger partial charge in [-0.1, -0.05) is 24.3 Å². The largest absolute Gasteiger partial charge is 0.326 e. The van der Waals surface area contributed by atoms with Crippen LogP contribution in [0.5, 0.6) is 0 Å². The van der Waals surface area contributed by atoms with Crippen LogP contribution < -0.4 is 10.2 Å². The fourth-order valence-corrected chi connectivity index (χ4v) is 5.17. The molecule has 31 heavy (non-hydrogen) atoms. The van der Waals surface area contributed by atoms with Gasteiger partial charge in [0.2, 0.25) is 15.9 Å². The third-order valence-electron chi connectivity index (χ3n) is 6.03. The zero-order valence-electron chi connectivity index (χ0n) is 17.6. The highest BCUT2D eigenvalue weighted by molar-refractivity contribution is 7.88. The van der Waals surface area contributed by atoms with Crippen molar-refractivity contribution in [2.24, 2.45) is 5.92 Å². The molecule has 2 aliphatic heterocycles. The second kappa shape index (κ2) is 8.80. The molecule has 0 spiro atoms. The molecular weight excluding hydrogens is 414 g/mol. The van der Waals surface area contributed by atoms with Crippen LogP contribution in [0.2, 0.25) is 0 Å². The normalized spacial score (nSPS) is 17.8. The highest BCUT2D eigenvalue weighted by atomic mass is 32.2. The Morgan fingerprint density at radius 3 is 2.39 bits per heavy atom. The molecule has 0 unspecified atom stereocenters. The maximum absolute atomic E-state index is 13.0. The van der Waals surface area contributed by atoms with Gasteiger partial charge in [-0.3, -0.25) is 9.59 Å². The standard InChI is InChI=1S/C23H27N3O4S/c1-31(29,30)25-14-11-18(12-15-25)22(27)24-20-10-9-17-8-5-13-26(21(17)16-20)23(28)19-6-3-2-4-7-19/h2-4,6-7,9-10,16,18H,5,8,11-15H2,1H3,(H,24,27). The first-order valence-electron chi connectivity index (χ1n) is 10.6. The first kappa shape index (κ1) is 21.5. The summed E-state index contributed by atoms with van der Waals surface area (Å²) in [5.74, 6) is -0.376. The minimum absolute atomic E-state index is 0.0434. The molecular formula is C23H27N3O4S. The Balaban J connectivity index is 1.48. The lowest BCUT2D eigenvalue weighted by Crippen LogP contribution is -2.41. The lowest BCUT2D eigenvalue weighted by atomic mass is 9.96. The molecule has 4 rings (SSSR count). The fourth-order valence-electron chi connectivity index (χ4n) is 4.29. The Bertz CT molecular complexity index is 1080. The molecule has 164 valence electrons. The minimum Gasteiger partial charge on any atom is -0.326 e. The fraction of sp³-hybridized carbons (Fsp3) is 0.391. The summed E-state index contributed by atoms with van der Waals surface area (Å²) in [6.07, 6.45) is 4.00. The smallest absolute Gasteiger partial charge is 0.258 e. The zero-order valence-corrected chi connectivity index (χ0v) is 18.4. The van der Waals surface area contributed by atoms with E-state index in [0.717, 1.165) is 24.1 Å². The Kier molecular flexibility index (Phi) is 6.11. The Labute approximate surface area is 183 Å². The van der Waals surface area contributed by atoms with E-state index >= 15 is 0 Å². The van der Waals surface area contributed by atoms with E-state index in [0.29, 0.717) is 43.7 Å². The summed E-state index contributed by atoms with van der Waals surface area (Å²) >= 11 is 0. The van der Waals surface area contributed by atoms with Gasteiger partial charge >= 0.3 is 0 Å². The van der Waals surface area contributed by atoms with Gasteiger partial charge in [-0.05, 0) is 55.5 Å². The summed E-state index contributed by atoms with van der Waals surface area (Å²) in [6.45, 7) is 1.36. The Morgan fingerprint density at radius 1 is 1.00 bits per heavy atom. The van der Waals surface area contributed by atoms with Gasteiger partial charge in [0.15, 0.2) is 0 Å². The molecule has 2 aromatic carbocycles. The molecule has 2 amide bonds. The highest BCUT2D eigenvalue weighted by Crippen LogP contribution is 2.32. The van der Waals surface area contributed by atoms with Crippen molar-refractivity contribution < 1.29 is 18.0 Å². The molecule has 2 aliphatic rings. The maximum Gasteiger partial charge on any atom is 0.258 e. The third kappa shape index (κ3) is 4.80. The van der Waals surface area contributed by atoms with E-state index < -0.39 is 10.0 Å². The van der Waals surface area contributed by atoms with Crippen molar-refractivity contribution in [3.8, 4) is 0 Å². The van der Waals surface area contributed by atoms with Gasteiger partial charge in [-0.2, -0.15) is 0 Å². The van der Waals surface area contributed by atoms with Crippen LogP contribution in [0.4, 0.5) is 11.4 Å². The van der Waals surface area contributed by atoms with Gasteiger partial charge in [0.05, 0.1) is 6.26 Å². The number of fused-ring (bicyclic) bond motifs is 1. The second-order valence-electron chi connectivity index (χ2n) is 8.20. The molecule has 1 fully saturated rings. The third-order valence-corrected chi connectivity index (χ3v) is 7.33. The van der Waals surface area contributed by atoms with Crippen LogP contribution in [-0.2, 0) is 21.2 Å². The monoisotopic (exact) mass is 441 g/mol. The number of hydrogen-bond donors (Lipinski definition) is 1. The number of hydrogen-bond acceptors (Lipinski definition) is 4. The van der Waals surface area contributed by atoms with Crippen molar-refractivity contribution in [3.63, 3.8) is 0 Å². The lowest BCUT2D eigenvalue weighted by Gasteiger charge is -2.31. The number of carbonyl (C=O) groups excluding carboxylic acids is 2. The SMILES string of the molecule is CS(=O)(=O)N1CCC(C(=O)Nc2ccc3c(c2)N(C(=O)c2ccccc2)CCC3)CC1. The van der Waals surface area contributed by atoms with Crippen molar-refractivity contribution in [1.29, 1.82) is 0 Å². The molecule has 2 heterocycles. The maximum atomic E-state index is 13.0. The minimum atomic E-state index is -3.22. The average molecular weight is 442 g/mol. The van der Waals surface area contributed by atoms with E-state index in [4.69, 9.17) is 0 Å². The van der Waals surface area contributed by atoms with Gasteiger partial charge in [-0.25, -0.2) is 12.7 Å². The van der Waals surface area contributed by atoms with Gasteiger partial charge in [0, 0.05) is 42.5 Å². The van der Waals surface area contributed by atoms with E-state index in [1.165, 1.54) is 10.6 Å². The van der Waals surface area contributed by atoms with Gasteiger partial charge in [0.1, 0.15) is 0 Å². The molecule has 0 aromatic heterocycles. The van der Waals surface area contributed by atoms with E-state index in [9.17, 15) is 18.0 Å². The molecule has 1 saturated heterocycles. The van der Waals surface area contributed by atoms with Crippen LogP contribution in [0, 0.1) is 5.92 Å². The van der Waals surface area contributed by atoms with E-state index in [1.807, 2.05) is 48.5 Å². The van der Waals surface area contributed by atoms with Crippen molar-refractivity contribution in [2.45, 2.75) is 25.7 Å². The van der Waals surface area contributed by atoms with Crippen molar-refractivity contribution in [1.82, 2.24) is 4.31 Å². The number of nitrogens with zero attached hydrogens (tertiary/aromatic N) is 2. The van der Waals surface area contributed by atoms with Gasteiger partial charge in [0.25, 0.3) is 5.91 Å². The van der Waals surface area contributed by atoms with Crippen LogP contribution in [0.15, 0.2) is 48.5 Å². The summed E-state index contributed by atoms with van der Waals surface area (Å²) in [5, 5.41) is 2.97. The summed E-state index contributed by atoms with van der Waals surface area (Å²) in [7, 11) is -3.22. The average Bonchev–Trinajstić information content (AvgIpc) is 2.78. The number of aryl methyl sites for hydroxylation is 1. The molecule has 0 atom stereocenters. The van der Waals surface area contributed by atoms with E-state index in [-0.39, 0.29) is 17.7 Å². The van der Waals surface area contributed by atoms with Crippen LogP contribution in [0.3, 0.4) is 0 Å². The lowest BCUT2D eigenvalue weighted by molar-refractivity contribution is -0.120. The first-order valence-corrected chi connectivity index (χ1v) is 12.4. The number of nitrogens with one attached hydrogen (secondary N) is 1. The number of carbonyl (C=O) groups is 2. The predicted molar refractivity (Wildman–Crippen MR) is 121 cm³/mol. The Hall–Kier alpha value is -2.71. The number of sulfonamides is 1. The van der Waals surface area contributed by atoms with Crippen LogP contribution in [0.25, 0.3) is 0 Å². The molecule has 0 radical (unpaired) electrons. The number of piperidine rings is 1. The topological polar surface area (TPSA) is 86.8 Å². The molecule has 1 N–H and O–H groups in total. The number of rotatable bonds is 4. The predicted octanol–water partition coefficient (Wildman–Crippen LogP) is 2.89. The second-order valence-corrected chi connectivity index (χ2v) is 10.2. The van der Waals surface area contributed by atoms with Crippen LogP contribution in [-0.4, -0.2) is 50.4 Å². The van der Waals surface area contributed by atoms with Crippen LogP contribution in [0.1, 0.15) is 35.2 Å². The molecule has 8 heteroatoms. The quantitative estimate of drug-likeness (QED) is 0.790. The first-order chi connectivity index (χ1) is 14.8. The number of anilines is 2. The number of benzene rings is 2. The molecule has 2 aromatic rings. The summed E-state index contributed by atoms with van der Waals surface area (Å²) < 4.78 is 24.8. The zero-order chi connectivity index (χ0) is 22.0. The van der Waals surface area contributed by atoms with Gasteiger partial charge < -0.3 is 10.2 Å². The number of amides is 2. The summed E-state index contributed by atoms with van der Waals surface area (Å²) in [4.78, 5) is 27.6. The summed E-state index contributed by atoms with van der Waals surface area (Å²) in [5.41, 5.74) is 3.23. The molecule has 7 nitrogen and oxygen atoms in total. The molecule has 0 saturated carbocycles. The van der Waals surface area contributed by atoms with Crippen molar-refractivity contribution in [3.05, 3.63) is 59.7 Å². The Morgan fingerprint density at radius 2 is 1.71 bits per heavy atom. The molecule has 0 aliphatic carbocycles. The van der Waals surface area contributed by atoms with Crippen molar-refractivity contribution in [2.75, 3.05) is 36.1 Å². The van der Waals surface area contributed by atoms with Crippen LogP contribution >= 0.6 is 0 Å². The van der Waals surface area contributed by atoms with Crippen molar-refractivity contribution >= 4 is 33.2 Å². The van der Waals surface area contributed by atoms with E-state index in [2.05, 4.69) is 5.32 Å². The summed E-state index contributed by atoms with van der Waals surface area (Å²) in [6, 6.07) is 14.9. The van der Waals surface area contributed by atoms with Gasteiger partial charge in [-0.15, -0.1) is 0 Å². The molecule has 0 bridgehead atoms. The van der Waals surface area contributed by atoms with E-state index in [1.54, 1.807) is 4.90 Å².